The monoisotopic (exact) mass is 219 g/mol. The molecule has 15 heavy (non-hydrogen) atoms. The van der Waals surface area contributed by atoms with Crippen molar-refractivity contribution in [3.05, 3.63) is 12.0 Å². The number of ether oxygens (including phenoxy) is 1. The summed E-state index contributed by atoms with van der Waals surface area (Å²) < 4.78 is 4.44. The van der Waals surface area contributed by atoms with Gasteiger partial charge in [-0.15, -0.1) is 0 Å². The van der Waals surface area contributed by atoms with Crippen molar-refractivity contribution in [3.63, 3.8) is 0 Å². The molecule has 0 aliphatic heterocycles. The first-order valence-corrected chi connectivity index (χ1v) is 4.44. The molecule has 0 aliphatic carbocycles. The molecule has 0 aromatic carbocycles. The molecule has 6 heteroatoms. The molecule has 0 bridgehead atoms. The van der Waals surface area contributed by atoms with Gasteiger partial charge in [0.1, 0.15) is 0 Å². The summed E-state index contributed by atoms with van der Waals surface area (Å²) in [5.41, 5.74) is 0. The maximum absolute atomic E-state index is 11.1. The Labute approximate surface area is 88.4 Å². The number of likely N-dealkylation sites (N-methyl/N-ethyl adjacent to an activating group) is 1. The van der Waals surface area contributed by atoms with Crippen LogP contribution in [0.5, 0.6) is 0 Å². The third-order valence-electron chi connectivity index (χ3n) is 1.87. The number of aliphatic hydroxyl groups is 3. The van der Waals surface area contributed by atoms with Gasteiger partial charge >= 0.3 is 5.97 Å². The molecule has 3 N–H and O–H groups in total. The van der Waals surface area contributed by atoms with Crippen LogP contribution in [0.4, 0.5) is 0 Å². The van der Waals surface area contributed by atoms with Crippen LogP contribution in [0, 0.1) is 0 Å². The average Bonchev–Trinajstić information content (AvgIpc) is 2.17. The quantitative estimate of drug-likeness (QED) is 0.415. The first-order chi connectivity index (χ1) is 6.93. The van der Waals surface area contributed by atoms with Crippen molar-refractivity contribution in [2.24, 2.45) is 0 Å². The Kier molecular flexibility index (Phi) is 5.73. The Hall–Kier alpha value is -1.27. The molecular formula is C9H17NO5. The summed E-state index contributed by atoms with van der Waals surface area (Å²) in [7, 11) is 2.60. The summed E-state index contributed by atoms with van der Waals surface area (Å²) in [6, 6.07) is -0.981. The highest BCUT2D eigenvalue weighted by atomic mass is 16.5. The van der Waals surface area contributed by atoms with Gasteiger partial charge in [0.15, 0.2) is 11.9 Å². The smallest absolute Gasteiger partial charge is 0.330 e. The van der Waals surface area contributed by atoms with E-state index < -0.39 is 24.7 Å². The minimum absolute atomic E-state index is 0.297. The Morgan fingerprint density at radius 3 is 2.47 bits per heavy atom. The SMILES string of the molecule is COC(=O)[C@H](CO)N(C)/C(O)=C/C(C)O. The van der Waals surface area contributed by atoms with Crippen molar-refractivity contribution in [1.82, 2.24) is 4.90 Å². The highest BCUT2D eigenvalue weighted by Crippen LogP contribution is 2.06. The molecule has 0 rings (SSSR count). The third-order valence-corrected chi connectivity index (χ3v) is 1.87. The fourth-order valence-electron chi connectivity index (χ4n) is 0.984. The maximum Gasteiger partial charge on any atom is 0.330 e. The molecule has 2 atom stereocenters. The van der Waals surface area contributed by atoms with Crippen LogP contribution in [0.1, 0.15) is 6.92 Å². The van der Waals surface area contributed by atoms with E-state index in [-0.39, 0.29) is 5.88 Å². The number of nitrogens with zero attached hydrogens (tertiary/aromatic N) is 1. The van der Waals surface area contributed by atoms with Crippen LogP contribution in [-0.4, -0.2) is 59.1 Å². The van der Waals surface area contributed by atoms with Crippen LogP contribution in [0.15, 0.2) is 12.0 Å². The second kappa shape index (κ2) is 6.26. The van der Waals surface area contributed by atoms with E-state index in [9.17, 15) is 9.90 Å². The zero-order valence-corrected chi connectivity index (χ0v) is 9.04. The van der Waals surface area contributed by atoms with Gasteiger partial charge in [0, 0.05) is 13.1 Å². The van der Waals surface area contributed by atoms with Crippen LogP contribution < -0.4 is 0 Å². The highest BCUT2D eigenvalue weighted by molar-refractivity contribution is 5.76. The van der Waals surface area contributed by atoms with Crippen LogP contribution in [0.25, 0.3) is 0 Å². The topological polar surface area (TPSA) is 90.2 Å². The molecule has 0 fully saturated rings. The van der Waals surface area contributed by atoms with Gasteiger partial charge in [-0.05, 0) is 6.92 Å². The summed E-state index contributed by atoms with van der Waals surface area (Å²) >= 11 is 0. The molecule has 0 aromatic heterocycles. The molecule has 0 amide bonds. The first kappa shape index (κ1) is 13.7. The summed E-state index contributed by atoms with van der Waals surface area (Å²) in [5.74, 6) is -0.958. The van der Waals surface area contributed by atoms with E-state index in [1.807, 2.05) is 0 Å². The molecule has 0 spiro atoms. The molecule has 0 radical (unpaired) electrons. The van der Waals surface area contributed by atoms with Gasteiger partial charge in [0.2, 0.25) is 0 Å². The van der Waals surface area contributed by atoms with Gasteiger partial charge in [0.05, 0.1) is 19.8 Å². The summed E-state index contributed by atoms with van der Waals surface area (Å²) in [6.45, 7) is 0.969. The van der Waals surface area contributed by atoms with Crippen molar-refractivity contribution in [1.29, 1.82) is 0 Å². The number of hydrogen-bond acceptors (Lipinski definition) is 6. The zero-order valence-electron chi connectivity index (χ0n) is 9.04. The van der Waals surface area contributed by atoms with E-state index in [0.29, 0.717) is 0 Å². The minimum atomic E-state index is -0.981. The summed E-state index contributed by atoms with van der Waals surface area (Å²) in [5, 5.41) is 27.4. The number of rotatable bonds is 5. The van der Waals surface area contributed by atoms with Gasteiger partial charge in [-0.25, -0.2) is 4.79 Å². The van der Waals surface area contributed by atoms with E-state index in [1.54, 1.807) is 0 Å². The molecule has 6 nitrogen and oxygen atoms in total. The Bertz CT molecular complexity index is 239. The van der Waals surface area contributed by atoms with Crippen molar-refractivity contribution >= 4 is 5.97 Å². The number of aliphatic hydroxyl groups excluding tert-OH is 3. The lowest BCUT2D eigenvalue weighted by atomic mass is 10.2. The van der Waals surface area contributed by atoms with E-state index in [0.717, 1.165) is 11.0 Å². The van der Waals surface area contributed by atoms with E-state index in [2.05, 4.69) is 4.74 Å². The van der Waals surface area contributed by atoms with Crippen molar-refractivity contribution < 1.29 is 24.9 Å². The lowest BCUT2D eigenvalue weighted by molar-refractivity contribution is -0.148. The van der Waals surface area contributed by atoms with Crippen molar-refractivity contribution in [2.75, 3.05) is 20.8 Å². The second-order valence-corrected chi connectivity index (χ2v) is 3.10. The van der Waals surface area contributed by atoms with E-state index >= 15 is 0 Å². The number of hydrogen-bond donors (Lipinski definition) is 3. The number of carbonyl (C=O) groups excluding carboxylic acids is 1. The second-order valence-electron chi connectivity index (χ2n) is 3.10. The lowest BCUT2D eigenvalue weighted by Gasteiger charge is -2.25. The fourth-order valence-corrected chi connectivity index (χ4v) is 0.984. The Morgan fingerprint density at radius 1 is 1.60 bits per heavy atom. The molecule has 0 aliphatic rings. The fraction of sp³-hybridized carbons (Fsp3) is 0.667. The molecule has 0 aromatic rings. The molecular weight excluding hydrogens is 202 g/mol. The molecule has 0 heterocycles. The number of esters is 1. The average molecular weight is 219 g/mol. The van der Waals surface area contributed by atoms with Crippen LogP contribution in [-0.2, 0) is 9.53 Å². The Balaban J connectivity index is 4.64. The Morgan fingerprint density at radius 2 is 2.13 bits per heavy atom. The van der Waals surface area contributed by atoms with E-state index in [4.69, 9.17) is 10.2 Å². The van der Waals surface area contributed by atoms with E-state index in [1.165, 1.54) is 21.1 Å². The summed E-state index contributed by atoms with van der Waals surface area (Å²) in [6.07, 6.45) is 0.301. The lowest BCUT2D eigenvalue weighted by Crippen LogP contribution is -2.41. The molecule has 88 valence electrons. The normalized spacial score (nSPS) is 15.7. The summed E-state index contributed by atoms with van der Waals surface area (Å²) in [4.78, 5) is 12.3. The van der Waals surface area contributed by atoms with Crippen LogP contribution >= 0.6 is 0 Å². The molecule has 1 unspecified atom stereocenters. The third kappa shape index (κ3) is 4.18. The van der Waals surface area contributed by atoms with Gasteiger partial charge in [-0.3, -0.25) is 0 Å². The van der Waals surface area contributed by atoms with Crippen molar-refractivity contribution in [3.8, 4) is 0 Å². The minimum Gasteiger partial charge on any atom is -0.495 e. The largest absolute Gasteiger partial charge is 0.495 e. The van der Waals surface area contributed by atoms with Gasteiger partial charge in [0.25, 0.3) is 0 Å². The van der Waals surface area contributed by atoms with Crippen molar-refractivity contribution in [2.45, 2.75) is 19.1 Å². The molecule has 0 saturated heterocycles. The van der Waals surface area contributed by atoms with Gasteiger partial charge < -0.3 is 25.0 Å². The number of methoxy groups -OCH3 is 1. The zero-order chi connectivity index (χ0) is 12.0. The maximum atomic E-state index is 11.1. The highest BCUT2D eigenvalue weighted by Gasteiger charge is 2.24. The van der Waals surface area contributed by atoms with Crippen LogP contribution in [0.3, 0.4) is 0 Å². The number of carbonyl (C=O) groups is 1. The predicted molar refractivity (Wildman–Crippen MR) is 53.0 cm³/mol. The standard InChI is InChI=1S/C9H17NO5/c1-6(12)4-8(13)10(2)7(5-11)9(14)15-3/h4,6-7,11-13H,5H2,1-3H3/b8-4-/t6?,7-/m0/s1. The van der Waals surface area contributed by atoms with Crippen LogP contribution in [0.2, 0.25) is 0 Å². The first-order valence-electron chi connectivity index (χ1n) is 4.44. The van der Waals surface area contributed by atoms with Gasteiger partial charge in [-0.2, -0.15) is 0 Å². The predicted octanol–water partition coefficient (Wildman–Crippen LogP) is -0.768. The van der Waals surface area contributed by atoms with Gasteiger partial charge in [-0.1, -0.05) is 0 Å². The molecule has 0 saturated carbocycles.